The van der Waals surface area contributed by atoms with Gasteiger partial charge in [0.1, 0.15) is 5.75 Å². The fourth-order valence-electron chi connectivity index (χ4n) is 5.16. The summed E-state index contributed by atoms with van der Waals surface area (Å²) in [5.41, 5.74) is 4.60. The van der Waals surface area contributed by atoms with Crippen LogP contribution in [0.25, 0.3) is 10.9 Å². The molecule has 188 valence electrons. The van der Waals surface area contributed by atoms with Gasteiger partial charge < -0.3 is 10.1 Å². The molecule has 0 bridgehead atoms. The highest BCUT2D eigenvalue weighted by molar-refractivity contribution is 6.31. The van der Waals surface area contributed by atoms with E-state index < -0.39 is 0 Å². The molecule has 8 nitrogen and oxygen atoms in total. The van der Waals surface area contributed by atoms with Crippen molar-refractivity contribution in [2.75, 3.05) is 43.6 Å². The van der Waals surface area contributed by atoms with Crippen LogP contribution in [0.4, 0.5) is 11.4 Å². The van der Waals surface area contributed by atoms with Gasteiger partial charge in [-0.1, -0.05) is 29.8 Å². The van der Waals surface area contributed by atoms with Gasteiger partial charge in [-0.25, -0.2) is 0 Å². The Morgan fingerprint density at radius 1 is 1.19 bits per heavy atom. The molecular formula is C27H30ClN5O3. The molecule has 0 saturated carbocycles. The van der Waals surface area contributed by atoms with Crippen LogP contribution in [0.15, 0.2) is 42.5 Å². The number of carbonyl (C=O) groups is 2. The fraction of sp³-hybridized carbons (Fsp3) is 0.370. The normalized spacial score (nSPS) is 15.8. The summed E-state index contributed by atoms with van der Waals surface area (Å²) in [6.07, 6.45) is 2.16. The Hall–Kier alpha value is -3.36. The summed E-state index contributed by atoms with van der Waals surface area (Å²) >= 11 is 6.12. The number of rotatable bonds is 7. The summed E-state index contributed by atoms with van der Waals surface area (Å²) in [5.74, 6) is 0.564. The van der Waals surface area contributed by atoms with E-state index in [-0.39, 0.29) is 18.4 Å². The number of hydrazine groups is 1. The second-order valence-corrected chi connectivity index (χ2v) is 9.53. The van der Waals surface area contributed by atoms with Gasteiger partial charge in [0, 0.05) is 60.7 Å². The number of nitrogens with one attached hydrogen (secondary N) is 1. The Balaban J connectivity index is 1.44. The minimum absolute atomic E-state index is 0.142. The van der Waals surface area contributed by atoms with Gasteiger partial charge in [0.15, 0.2) is 0 Å². The highest BCUT2D eigenvalue weighted by Gasteiger charge is 2.31. The summed E-state index contributed by atoms with van der Waals surface area (Å²) in [4.78, 5) is 32.8. The number of para-hydroxylation sites is 1. The van der Waals surface area contributed by atoms with Gasteiger partial charge in [-0.3, -0.25) is 29.5 Å². The van der Waals surface area contributed by atoms with Gasteiger partial charge in [-0.05, 0) is 37.6 Å². The number of nitrogens with zero attached hydrogens (tertiary/aromatic N) is 4. The molecule has 0 unspecified atom stereocenters. The molecule has 3 aromatic rings. The maximum Gasteiger partial charge on any atom is 0.241 e. The van der Waals surface area contributed by atoms with Crippen molar-refractivity contribution in [3.05, 3.63) is 58.7 Å². The molecule has 2 aromatic carbocycles. The summed E-state index contributed by atoms with van der Waals surface area (Å²) in [5, 5.41) is 8.46. The van der Waals surface area contributed by atoms with Crippen molar-refractivity contribution in [1.29, 1.82) is 0 Å². The first kappa shape index (κ1) is 24.3. The number of aromatic nitrogens is 1. The predicted octanol–water partition coefficient (Wildman–Crippen LogP) is 4.26. The summed E-state index contributed by atoms with van der Waals surface area (Å²) in [6, 6.07) is 13.2. The van der Waals surface area contributed by atoms with Crippen molar-refractivity contribution in [2.24, 2.45) is 0 Å². The monoisotopic (exact) mass is 507 g/mol. The van der Waals surface area contributed by atoms with Crippen LogP contribution in [-0.2, 0) is 22.6 Å². The number of hydrogen-bond donors (Lipinski definition) is 1. The van der Waals surface area contributed by atoms with Crippen molar-refractivity contribution < 1.29 is 14.3 Å². The van der Waals surface area contributed by atoms with Gasteiger partial charge in [-0.15, -0.1) is 0 Å². The second kappa shape index (κ2) is 10.3. The zero-order valence-corrected chi connectivity index (χ0v) is 21.3. The number of fused-ring (bicyclic) bond motifs is 2. The van der Waals surface area contributed by atoms with Crippen LogP contribution in [0.3, 0.4) is 0 Å². The van der Waals surface area contributed by atoms with Crippen LogP contribution >= 0.6 is 11.6 Å². The molecule has 36 heavy (non-hydrogen) atoms. The molecule has 2 aliphatic rings. The summed E-state index contributed by atoms with van der Waals surface area (Å²) in [6.45, 7) is 4.95. The number of benzene rings is 2. The zero-order chi connectivity index (χ0) is 25.2. The van der Waals surface area contributed by atoms with E-state index in [2.05, 4.69) is 28.2 Å². The van der Waals surface area contributed by atoms with E-state index in [1.54, 1.807) is 25.3 Å². The van der Waals surface area contributed by atoms with Crippen LogP contribution in [-0.4, -0.2) is 60.0 Å². The van der Waals surface area contributed by atoms with Gasteiger partial charge >= 0.3 is 0 Å². The third-order valence-electron chi connectivity index (χ3n) is 6.80. The first-order chi connectivity index (χ1) is 17.5. The smallest absolute Gasteiger partial charge is 0.241 e. The topological polar surface area (TPSA) is 78.0 Å². The average Bonchev–Trinajstić information content (AvgIpc) is 3.30. The molecule has 1 fully saturated rings. The lowest BCUT2D eigenvalue weighted by atomic mass is 9.99. The lowest BCUT2D eigenvalue weighted by Crippen LogP contribution is -2.45. The fourth-order valence-corrected chi connectivity index (χ4v) is 5.33. The Bertz CT molecular complexity index is 1310. The lowest BCUT2D eigenvalue weighted by Gasteiger charge is -2.38. The van der Waals surface area contributed by atoms with Gasteiger partial charge in [-0.2, -0.15) is 0 Å². The quantitative estimate of drug-likeness (QED) is 0.515. The molecule has 2 amide bonds. The number of halogens is 1. The molecular weight excluding hydrogens is 478 g/mol. The molecule has 1 N–H and O–H groups in total. The van der Waals surface area contributed by atoms with Crippen molar-refractivity contribution in [3.63, 3.8) is 0 Å². The number of methoxy groups -OCH3 is 1. The Morgan fingerprint density at radius 2 is 2.03 bits per heavy atom. The predicted molar refractivity (Wildman–Crippen MR) is 141 cm³/mol. The van der Waals surface area contributed by atoms with Crippen LogP contribution in [0.1, 0.15) is 31.0 Å². The van der Waals surface area contributed by atoms with Crippen LogP contribution in [0.2, 0.25) is 5.02 Å². The van der Waals surface area contributed by atoms with E-state index >= 15 is 0 Å². The van der Waals surface area contributed by atoms with E-state index in [4.69, 9.17) is 21.3 Å². The summed E-state index contributed by atoms with van der Waals surface area (Å²) < 4.78 is 5.36. The van der Waals surface area contributed by atoms with E-state index in [0.29, 0.717) is 49.1 Å². The van der Waals surface area contributed by atoms with Crippen molar-refractivity contribution >= 4 is 45.7 Å². The maximum atomic E-state index is 13.0. The molecule has 0 radical (unpaired) electrons. The highest BCUT2D eigenvalue weighted by Crippen LogP contribution is 2.37. The first-order valence-corrected chi connectivity index (χ1v) is 12.7. The molecule has 1 saturated heterocycles. The highest BCUT2D eigenvalue weighted by atomic mass is 35.5. The average molecular weight is 508 g/mol. The van der Waals surface area contributed by atoms with Crippen LogP contribution in [0, 0.1) is 0 Å². The Morgan fingerprint density at radius 3 is 2.78 bits per heavy atom. The molecule has 2 aliphatic heterocycles. The lowest BCUT2D eigenvalue weighted by molar-refractivity contribution is -0.128. The molecule has 3 heterocycles. The van der Waals surface area contributed by atoms with Crippen LogP contribution < -0.4 is 15.1 Å². The summed E-state index contributed by atoms with van der Waals surface area (Å²) in [7, 11) is 1.56. The SMILES string of the molecule is CCN(c1c2c(nc3ccccc13)CCN(CC(=O)Nc1cc(Cl)ccc1OC)C2)N1CCCC1=O. The van der Waals surface area contributed by atoms with E-state index in [1.807, 2.05) is 23.2 Å². The van der Waals surface area contributed by atoms with Gasteiger partial charge in [0.25, 0.3) is 0 Å². The van der Waals surface area contributed by atoms with Crippen molar-refractivity contribution in [3.8, 4) is 5.75 Å². The number of pyridine rings is 1. The van der Waals surface area contributed by atoms with Gasteiger partial charge in [0.05, 0.1) is 30.5 Å². The third kappa shape index (κ3) is 4.70. The molecule has 5 rings (SSSR count). The second-order valence-electron chi connectivity index (χ2n) is 9.09. The molecule has 0 aliphatic carbocycles. The zero-order valence-electron chi connectivity index (χ0n) is 20.6. The first-order valence-electron chi connectivity index (χ1n) is 12.3. The molecule has 0 spiro atoms. The Kier molecular flexibility index (Phi) is 6.98. The minimum Gasteiger partial charge on any atom is -0.495 e. The number of ether oxygens (including phenoxy) is 1. The van der Waals surface area contributed by atoms with Crippen LogP contribution in [0.5, 0.6) is 5.75 Å². The van der Waals surface area contributed by atoms with Crippen molar-refractivity contribution in [2.45, 2.75) is 32.7 Å². The Labute approximate surface area is 215 Å². The number of anilines is 2. The van der Waals surface area contributed by atoms with E-state index in [9.17, 15) is 9.59 Å². The number of amides is 2. The molecule has 0 atom stereocenters. The third-order valence-corrected chi connectivity index (χ3v) is 7.03. The number of hydrogen-bond acceptors (Lipinski definition) is 6. The number of carbonyl (C=O) groups excluding carboxylic acids is 2. The van der Waals surface area contributed by atoms with Gasteiger partial charge in [0.2, 0.25) is 11.8 Å². The minimum atomic E-state index is -0.142. The molecule has 1 aromatic heterocycles. The largest absolute Gasteiger partial charge is 0.495 e. The molecule has 9 heteroatoms. The van der Waals surface area contributed by atoms with E-state index in [0.717, 1.165) is 40.7 Å². The van der Waals surface area contributed by atoms with Crippen molar-refractivity contribution in [1.82, 2.24) is 14.9 Å². The maximum absolute atomic E-state index is 13.0. The van der Waals surface area contributed by atoms with E-state index in [1.165, 1.54) is 0 Å². The standard InChI is InChI=1S/C27H30ClN5O3/c1-3-32(33-13-6-9-26(33)35)27-19-7-4-5-8-21(19)29-22-12-14-31(16-20(22)27)17-25(34)30-23-15-18(28)10-11-24(23)36-2/h4-5,7-8,10-11,15H,3,6,9,12-14,16-17H2,1-2H3,(H,30,34).